The predicted molar refractivity (Wildman–Crippen MR) is 117 cm³/mol. The fourth-order valence-corrected chi connectivity index (χ4v) is 4.49. The number of anilines is 1. The van der Waals surface area contributed by atoms with Crippen molar-refractivity contribution in [3.8, 4) is 5.75 Å². The van der Waals surface area contributed by atoms with E-state index in [0.717, 1.165) is 9.87 Å². The highest BCUT2D eigenvalue weighted by molar-refractivity contribution is 7.92. The number of carbonyl (C=O) groups excluding carboxylic acids is 1. The minimum Gasteiger partial charge on any atom is -0.496 e. The quantitative estimate of drug-likeness (QED) is 0.555. The molecule has 3 aromatic carbocycles. The number of para-hydroxylation sites is 2. The van der Waals surface area contributed by atoms with Crippen LogP contribution in [0.3, 0.4) is 0 Å². The fraction of sp³-hybridized carbons (Fsp3) is 0.174. The van der Waals surface area contributed by atoms with Crippen molar-refractivity contribution in [1.82, 2.24) is 4.90 Å². The first-order chi connectivity index (χ1) is 14.4. The van der Waals surface area contributed by atoms with Gasteiger partial charge >= 0.3 is 0 Å². The van der Waals surface area contributed by atoms with Gasteiger partial charge in [-0.3, -0.25) is 9.10 Å². The Labute approximate surface area is 177 Å². The van der Waals surface area contributed by atoms with Crippen LogP contribution >= 0.6 is 0 Å². The number of nitrogens with zero attached hydrogens (tertiary/aromatic N) is 2. The fourth-order valence-electron chi connectivity index (χ4n) is 3.05. The molecule has 0 radical (unpaired) electrons. The summed E-state index contributed by atoms with van der Waals surface area (Å²) in [4.78, 5) is 14.6. The van der Waals surface area contributed by atoms with E-state index >= 15 is 0 Å². The Balaban J connectivity index is 1.87. The Kier molecular flexibility index (Phi) is 6.74. The number of methoxy groups -OCH3 is 1. The summed E-state index contributed by atoms with van der Waals surface area (Å²) in [6.45, 7) is -0.0102. The normalized spacial score (nSPS) is 11.0. The zero-order chi connectivity index (χ0) is 21.6. The molecule has 0 saturated carbocycles. The van der Waals surface area contributed by atoms with Gasteiger partial charge in [0.2, 0.25) is 5.91 Å². The predicted octanol–water partition coefficient (Wildman–Crippen LogP) is 3.55. The summed E-state index contributed by atoms with van der Waals surface area (Å²) >= 11 is 0. The average Bonchev–Trinajstić information content (AvgIpc) is 2.78. The molecule has 0 N–H and O–H groups in total. The first-order valence-corrected chi connectivity index (χ1v) is 10.9. The number of amides is 1. The topological polar surface area (TPSA) is 66.9 Å². The van der Waals surface area contributed by atoms with Gasteiger partial charge in [0.1, 0.15) is 12.3 Å². The van der Waals surface area contributed by atoms with Crippen LogP contribution in [0.15, 0.2) is 89.8 Å². The first kappa shape index (κ1) is 21.4. The van der Waals surface area contributed by atoms with Gasteiger partial charge in [-0.15, -0.1) is 0 Å². The van der Waals surface area contributed by atoms with Crippen LogP contribution in [0.5, 0.6) is 5.75 Å². The smallest absolute Gasteiger partial charge is 0.264 e. The van der Waals surface area contributed by atoms with Gasteiger partial charge < -0.3 is 9.64 Å². The van der Waals surface area contributed by atoms with E-state index in [2.05, 4.69) is 0 Å². The van der Waals surface area contributed by atoms with E-state index in [0.29, 0.717) is 18.0 Å². The van der Waals surface area contributed by atoms with E-state index in [4.69, 9.17) is 4.74 Å². The Morgan fingerprint density at radius 2 is 1.43 bits per heavy atom. The van der Waals surface area contributed by atoms with Gasteiger partial charge in [-0.05, 0) is 30.3 Å². The minimum atomic E-state index is -3.91. The number of likely N-dealkylation sites (N-methyl/N-ethyl adjacent to an activating group) is 1. The molecule has 3 rings (SSSR count). The Morgan fingerprint density at radius 3 is 2.07 bits per heavy atom. The lowest BCUT2D eigenvalue weighted by Crippen LogP contribution is -2.41. The van der Waals surface area contributed by atoms with Gasteiger partial charge in [-0.2, -0.15) is 0 Å². The summed E-state index contributed by atoms with van der Waals surface area (Å²) in [5.41, 5.74) is 1.27. The summed E-state index contributed by atoms with van der Waals surface area (Å²) in [5.74, 6) is 0.346. The number of ether oxygens (including phenoxy) is 1. The zero-order valence-corrected chi connectivity index (χ0v) is 17.7. The largest absolute Gasteiger partial charge is 0.496 e. The highest BCUT2D eigenvalue weighted by Gasteiger charge is 2.28. The van der Waals surface area contributed by atoms with Crippen LogP contribution in [-0.2, 0) is 21.4 Å². The molecule has 3 aromatic rings. The maximum absolute atomic E-state index is 13.3. The second kappa shape index (κ2) is 9.45. The molecular weight excluding hydrogens is 400 g/mol. The summed E-state index contributed by atoms with van der Waals surface area (Å²) < 4.78 is 33.1. The van der Waals surface area contributed by atoms with E-state index in [9.17, 15) is 13.2 Å². The van der Waals surface area contributed by atoms with Crippen LogP contribution < -0.4 is 9.04 Å². The highest BCUT2D eigenvalue weighted by atomic mass is 32.2. The lowest BCUT2D eigenvalue weighted by atomic mass is 10.2. The van der Waals surface area contributed by atoms with Crippen molar-refractivity contribution >= 4 is 21.6 Å². The van der Waals surface area contributed by atoms with E-state index in [1.54, 1.807) is 62.7 Å². The third kappa shape index (κ3) is 4.80. The van der Waals surface area contributed by atoms with Crippen molar-refractivity contribution in [2.24, 2.45) is 0 Å². The van der Waals surface area contributed by atoms with Crippen LogP contribution in [0.2, 0.25) is 0 Å². The van der Waals surface area contributed by atoms with Crippen LogP contribution in [0.25, 0.3) is 0 Å². The van der Waals surface area contributed by atoms with Gasteiger partial charge in [0.25, 0.3) is 10.0 Å². The molecule has 30 heavy (non-hydrogen) atoms. The number of hydrogen-bond acceptors (Lipinski definition) is 4. The zero-order valence-electron chi connectivity index (χ0n) is 16.9. The van der Waals surface area contributed by atoms with Crippen molar-refractivity contribution in [2.75, 3.05) is 25.0 Å². The molecule has 156 valence electrons. The summed E-state index contributed by atoms with van der Waals surface area (Å²) in [6, 6.07) is 24.2. The number of benzene rings is 3. The molecule has 0 aliphatic carbocycles. The van der Waals surface area contributed by atoms with Crippen molar-refractivity contribution < 1.29 is 17.9 Å². The van der Waals surface area contributed by atoms with E-state index in [1.807, 2.05) is 24.3 Å². The van der Waals surface area contributed by atoms with Crippen LogP contribution in [0.4, 0.5) is 5.69 Å². The number of rotatable bonds is 8. The van der Waals surface area contributed by atoms with Gasteiger partial charge in [0, 0.05) is 19.2 Å². The SMILES string of the molecule is COc1ccccc1CN(C)C(=O)CN(c1ccccc1)S(=O)(=O)c1ccccc1. The molecule has 0 saturated heterocycles. The van der Waals surface area contributed by atoms with E-state index < -0.39 is 10.0 Å². The molecule has 6 nitrogen and oxygen atoms in total. The number of sulfonamides is 1. The molecule has 0 atom stereocenters. The third-order valence-electron chi connectivity index (χ3n) is 4.68. The maximum atomic E-state index is 13.3. The first-order valence-electron chi connectivity index (χ1n) is 9.42. The molecule has 0 spiro atoms. The molecule has 0 bridgehead atoms. The third-order valence-corrected chi connectivity index (χ3v) is 6.47. The molecule has 0 aliphatic heterocycles. The summed E-state index contributed by atoms with van der Waals surface area (Å²) in [6.07, 6.45) is 0. The lowest BCUT2D eigenvalue weighted by molar-refractivity contribution is -0.128. The van der Waals surface area contributed by atoms with Crippen LogP contribution in [-0.4, -0.2) is 39.9 Å². The second-order valence-corrected chi connectivity index (χ2v) is 8.58. The van der Waals surface area contributed by atoms with Crippen molar-refractivity contribution in [2.45, 2.75) is 11.4 Å². The van der Waals surface area contributed by atoms with Crippen LogP contribution in [0, 0.1) is 0 Å². The molecule has 0 heterocycles. The van der Waals surface area contributed by atoms with Gasteiger partial charge in [-0.1, -0.05) is 54.6 Å². The Morgan fingerprint density at radius 1 is 0.867 bits per heavy atom. The standard InChI is InChI=1S/C23H24N2O4S/c1-24(17-19-11-9-10-16-22(19)29-2)23(26)18-25(20-12-5-3-6-13-20)30(27,28)21-14-7-4-8-15-21/h3-16H,17-18H2,1-2H3. The van der Waals surface area contributed by atoms with Gasteiger partial charge in [0.05, 0.1) is 17.7 Å². The molecule has 0 aromatic heterocycles. The molecule has 0 fully saturated rings. The molecule has 0 aliphatic rings. The van der Waals surface area contributed by atoms with Crippen molar-refractivity contribution in [3.63, 3.8) is 0 Å². The van der Waals surface area contributed by atoms with E-state index in [1.165, 1.54) is 17.0 Å². The summed E-state index contributed by atoms with van der Waals surface area (Å²) in [5, 5.41) is 0. The van der Waals surface area contributed by atoms with Gasteiger partial charge in [0.15, 0.2) is 0 Å². The average molecular weight is 425 g/mol. The molecular formula is C23H24N2O4S. The van der Waals surface area contributed by atoms with Crippen molar-refractivity contribution in [3.05, 3.63) is 90.5 Å². The van der Waals surface area contributed by atoms with E-state index in [-0.39, 0.29) is 17.3 Å². The Hall–Kier alpha value is -3.32. The maximum Gasteiger partial charge on any atom is 0.264 e. The summed E-state index contributed by atoms with van der Waals surface area (Å²) in [7, 11) is -0.688. The minimum absolute atomic E-state index is 0.133. The van der Waals surface area contributed by atoms with Crippen molar-refractivity contribution in [1.29, 1.82) is 0 Å². The Bertz CT molecular complexity index is 1090. The monoisotopic (exact) mass is 424 g/mol. The second-order valence-electron chi connectivity index (χ2n) is 6.72. The van der Waals surface area contributed by atoms with Gasteiger partial charge in [-0.25, -0.2) is 8.42 Å². The number of hydrogen-bond donors (Lipinski definition) is 0. The lowest BCUT2D eigenvalue weighted by Gasteiger charge is -2.27. The van der Waals surface area contributed by atoms with Crippen LogP contribution in [0.1, 0.15) is 5.56 Å². The highest BCUT2D eigenvalue weighted by Crippen LogP contribution is 2.24. The number of carbonyl (C=O) groups is 1. The molecule has 0 unspecified atom stereocenters. The molecule has 1 amide bonds. The molecule has 7 heteroatoms.